The average molecular weight is 400 g/mol. The number of benzene rings is 1. The highest BCUT2D eigenvalue weighted by atomic mass is 127. The van der Waals surface area contributed by atoms with Crippen LogP contribution in [0.15, 0.2) is 43.0 Å². The second kappa shape index (κ2) is 5.71. The van der Waals surface area contributed by atoms with Crippen molar-refractivity contribution in [1.82, 2.24) is 24.5 Å². The van der Waals surface area contributed by atoms with E-state index in [-0.39, 0.29) is 11.3 Å². The van der Waals surface area contributed by atoms with E-state index in [2.05, 4.69) is 42.5 Å². The number of nitrogens with zero attached hydrogens (tertiary/aromatic N) is 5. The maximum atomic E-state index is 5.90. The van der Waals surface area contributed by atoms with Crippen LogP contribution in [0.25, 0.3) is 5.95 Å². The number of imidazole rings is 1. The van der Waals surface area contributed by atoms with Gasteiger partial charge in [0.05, 0.1) is 3.57 Å². The number of halogens is 2. The van der Waals surface area contributed by atoms with Crippen LogP contribution in [0.3, 0.4) is 0 Å². The fourth-order valence-electron chi connectivity index (χ4n) is 1.49. The Bertz CT molecular complexity index is 734. The molecule has 2 aromatic heterocycles. The fourth-order valence-corrected chi connectivity index (χ4v) is 2.13. The molecule has 8 heteroatoms. The largest absolute Gasteiger partial charge is 0.423 e. The quantitative estimate of drug-likeness (QED) is 0.633. The lowest BCUT2D eigenvalue weighted by atomic mass is 10.3. The van der Waals surface area contributed by atoms with Crippen LogP contribution in [0.2, 0.25) is 5.28 Å². The van der Waals surface area contributed by atoms with Gasteiger partial charge in [-0.25, -0.2) is 4.98 Å². The Hall–Kier alpha value is -1.74. The third-order valence-electron chi connectivity index (χ3n) is 2.35. The van der Waals surface area contributed by atoms with Crippen LogP contribution in [0.5, 0.6) is 11.8 Å². The summed E-state index contributed by atoms with van der Waals surface area (Å²) in [4.78, 5) is 16.1. The smallest absolute Gasteiger partial charge is 0.328 e. The van der Waals surface area contributed by atoms with Gasteiger partial charge >= 0.3 is 6.01 Å². The first kappa shape index (κ1) is 13.3. The number of hydrogen-bond donors (Lipinski definition) is 0. The third kappa shape index (κ3) is 2.88. The molecule has 2 heterocycles. The SMILES string of the molecule is Clc1nc(Oc2ccccc2I)nc(-n2ccnc2)n1. The van der Waals surface area contributed by atoms with Gasteiger partial charge in [-0.05, 0) is 46.3 Å². The molecule has 0 aliphatic carbocycles. The van der Waals surface area contributed by atoms with E-state index in [0.717, 1.165) is 3.57 Å². The van der Waals surface area contributed by atoms with E-state index in [1.165, 1.54) is 0 Å². The molecule has 20 heavy (non-hydrogen) atoms. The van der Waals surface area contributed by atoms with Crippen molar-refractivity contribution < 1.29 is 4.74 Å². The normalized spacial score (nSPS) is 10.5. The monoisotopic (exact) mass is 399 g/mol. The average Bonchev–Trinajstić information content (AvgIpc) is 2.95. The standard InChI is InChI=1S/C12H7ClIN5O/c13-10-16-11(19-6-5-15-7-19)18-12(17-10)20-9-4-2-1-3-8(9)14/h1-7H. The van der Waals surface area contributed by atoms with E-state index in [9.17, 15) is 0 Å². The minimum Gasteiger partial charge on any atom is -0.423 e. The lowest BCUT2D eigenvalue weighted by Crippen LogP contribution is -2.03. The molecule has 0 unspecified atom stereocenters. The van der Waals surface area contributed by atoms with Gasteiger partial charge < -0.3 is 4.74 Å². The summed E-state index contributed by atoms with van der Waals surface area (Å²) in [5.41, 5.74) is 0. The molecule has 0 aliphatic rings. The van der Waals surface area contributed by atoms with E-state index in [0.29, 0.717) is 11.7 Å². The summed E-state index contributed by atoms with van der Waals surface area (Å²) in [6, 6.07) is 7.69. The van der Waals surface area contributed by atoms with Crippen molar-refractivity contribution in [3.63, 3.8) is 0 Å². The summed E-state index contributed by atoms with van der Waals surface area (Å²) >= 11 is 8.07. The Morgan fingerprint density at radius 3 is 2.75 bits per heavy atom. The Balaban J connectivity index is 1.97. The first-order valence-corrected chi connectivity index (χ1v) is 7.00. The topological polar surface area (TPSA) is 65.7 Å². The summed E-state index contributed by atoms with van der Waals surface area (Å²) in [6.45, 7) is 0. The van der Waals surface area contributed by atoms with Crippen molar-refractivity contribution in [2.75, 3.05) is 0 Å². The molecule has 0 N–H and O–H groups in total. The Kier molecular flexibility index (Phi) is 3.79. The van der Waals surface area contributed by atoms with E-state index < -0.39 is 0 Å². The highest BCUT2D eigenvalue weighted by Crippen LogP contribution is 2.24. The highest BCUT2D eigenvalue weighted by Gasteiger charge is 2.10. The molecule has 0 radical (unpaired) electrons. The summed E-state index contributed by atoms with van der Waals surface area (Å²) < 4.78 is 8.21. The Morgan fingerprint density at radius 2 is 2.00 bits per heavy atom. The minimum absolute atomic E-state index is 0.0599. The molecule has 6 nitrogen and oxygen atoms in total. The Morgan fingerprint density at radius 1 is 1.15 bits per heavy atom. The van der Waals surface area contributed by atoms with Crippen molar-refractivity contribution >= 4 is 34.2 Å². The molecule has 0 amide bonds. The lowest BCUT2D eigenvalue weighted by molar-refractivity contribution is 0.435. The number of aromatic nitrogens is 5. The van der Waals surface area contributed by atoms with Gasteiger partial charge in [-0.1, -0.05) is 12.1 Å². The van der Waals surface area contributed by atoms with E-state index in [1.807, 2.05) is 24.3 Å². The van der Waals surface area contributed by atoms with Gasteiger partial charge in [0.2, 0.25) is 11.2 Å². The van der Waals surface area contributed by atoms with Crippen LogP contribution >= 0.6 is 34.2 Å². The van der Waals surface area contributed by atoms with Crippen LogP contribution in [0.4, 0.5) is 0 Å². The molecule has 0 bridgehead atoms. The molecule has 3 rings (SSSR count). The van der Waals surface area contributed by atoms with Gasteiger partial charge in [-0.3, -0.25) is 4.57 Å². The molecule has 1 aromatic carbocycles. The first-order chi connectivity index (χ1) is 9.72. The van der Waals surface area contributed by atoms with Crippen LogP contribution in [0.1, 0.15) is 0 Å². The molecule has 100 valence electrons. The van der Waals surface area contributed by atoms with E-state index in [1.54, 1.807) is 23.3 Å². The van der Waals surface area contributed by atoms with Crippen molar-refractivity contribution in [3.05, 3.63) is 51.8 Å². The number of ether oxygens (including phenoxy) is 1. The molecule has 3 aromatic rings. The maximum absolute atomic E-state index is 5.90. The zero-order valence-corrected chi connectivity index (χ0v) is 12.9. The zero-order valence-electron chi connectivity index (χ0n) is 9.94. The highest BCUT2D eigenvalue weighted by molar-refractivity contribution is 14.1. The molecule has 0 atom stereocenters. The predicted octanol–water partition coefficient (Wildman–Crippen LogP) is 3.11. The number of rotatable bonds is 3. The number of para-hydroxylation sites is 1. The maximum Gasteiger partial charge on any atom is 0.328 e. The molecule has 0 saturated heterocycles. The van der Waals surface area contributed by atoms with Crippen molar-refractivity contribution in [2.45, 2.75) is 0 Å². The minimum atomic E-state index is 0.0599. The third-order valence-corrected chi connectivity index (χ3v) is 3.41. The molecule has 0 aliphatic heterocycles. The van der Waals surface area contributed by atoms with Crippen LogP contribution in [0, 0.1) is 3.57 Å². The number of hydrogen-bond acceptors (Lipinski definition) is 5. The molecule has 0 spiro atoms. The van der Waals surface area contributed by atoms with Gasteiger partial charge in [0.25, 0.3) is 0 Å². The zero-order chi connectivity index (χ0) is 13.9. The van der Waals surface area contributed by atoms with Crippen LogP contribution in [-0.4, -0.2) is 24.5 Å². The molecule has 0 fully saturated rings. The second-order valence-electron chi connectivity index (χ2n) is 3.69. The molecular weight excluding hydrogens is 393 g/mol. The second-order valence-corrected chi connectivity index (χ2v) is 5.19. The van der Waals surface area contributed by atoms with Gasteiger partial charge in [-0.2, -0.15) is 15.0 Å². The van der Waals surface area contributed by atoms with Crippen molar-refractivity contribution in [2.24, 2.45) is 0 Å². The summed E-state index contributed by atoms with van der Waals surface area (Å²) in [5.74, 6) is 1.01. The predicted molar refractivity (Wildman–Crippen MR) is 81.2 cm³/mol. The fraction of sp³-hybridized carbons (Fsp3) is 0. The lowest BCUT2D eigenvalue weighted by Gasteiger charge is -2.07. The van der Waals surface area contributed by atoms with Gasteiger partial charge in [0.1, 0.15) is 12.1 Å². The van der Waals surface area contributed by atoms with Crippen LogP contribution in [-0.2, 0) is 0 Å². The molecular formula is C12H7ClIN5O. The summed E-state index contributed by atoms with van der Waals surface area (Å²) in [6.07, 6.45) is 4.90. The molecule has 0 saturated carbocycles. The van der Waals surface area contributed by atoms with Gasteiger partial charge in [-0.15, -0.1) is 0 Å². The van der Waals surface area contributed by atoms with Crippen molar-refractivity contribution in [1.29, 1.82) is 0 Å². The van der Waals surface area contributed by atoms with Gasteiger partial charge in [0, 0.05) is 12.4 Å². The van der Waals surface area contributed by atoms with E-state index >= 15 is 0 Å². The Labute approximate surface area is 133 Å². The van der Waals surface area contributed by atoms with Crippen molar-refractivity contribution in [3.8, 4) is 17.7 Å². The summed E-state index contributed by atoms with van der Waals surface area (Å²) in [5, 5.41) is 0.0599. The summed E-state index contributed by atoms with van der Waals surface area (Å²) in [7, 11) is 0. The first-order valence-electron chi connectivity index (χ1n) is 5.54. The van der Waals surface area contributed by atoms with Crippen LogP contribution < -0.4 is 4.74 Å². The van der Waals surface area contributed by atoms with E-state index in [4.69, 9.17) is 16.3 Å². The van der Waals surface area contributed by atoms with Gasteiger partial charge in [0.15, 0.2) is 0 Å².